The molecule has 0 fully saturated rings. The second-order valence-electron chi connectivity index (χ2n) is 1.19. The number of rotatable bonds is 2. The third kappa shape index (κ3) is 3.40. The molecule has 0 amide bonds. The minimum Gasteiger partial charge on any atom is -0.463 e. The molecule has 0 saturated carbocycles. The van der Waals surface area contributed by atoms with Crippen LogP contribution in [0.1, 0.15) is 15.2 Å². The molecule has 2 nitrogen and oxygen atoms in total. The van der Waals surface area contributed by atoms with E-state index in [0.717, 1.165) is 6.08 Å². The summed E-state index contributed by atoms with van der Waals surface area (Å²) in [4.78, 5) is 10.4. The summed E-state index contributed by atoms with van der Waals surface area (Å²) in [5.74, 6) is -0.440. The lowest BCUT2D eigenvalue weighted by atomic mass is 10.5. The van der Waals surface area contributed by atoms with Crippen LogP contribution in [0.2, 0.25) is 0 Å². The van der Waals surface area contributed by atoms with E-state index in [1.54, 1.807) is 6.92 Å². The molecular weight excluding hydrogens is 104 g/mol. The molecule has 0 saturated heterocycles. The van der Waals surface area contributed by atoms with Crippen molar-refractivity contribution < 1.29 is 10.9 Å². The number of esters is 1. The SMILES string of the molecule is [2H]/C(C)=C\C(=O)OCC. The molecule has 0 N–H and O–H groups in total. The molecule has 46 valence electrons. The van der Waals surface area contributed by atoms with Gasteiger partial charge in [0.25, 0.3) is 0 Å². The van der Waals surface area contributed by atoms with Crippen molar-refractivity contribution in [2.75, 3.05) is 6.61 Å². The fraction of sp³-hybridized carbons (Fsp3) is 0.500. The van der Waals surface area contributed by atoms with E-state index < -0.39 is 5.97 Å². The van der Waals surface area contributed by atoms with Crippen LogP contribution in [0.5, 0.6) is 0 Å². The lowest BCUT2D eigenvalue weighted by molar-refractivity contribution is -0.137. The van der Waals surface area contributed by atoms with Crippen LogP contribution in [-0.2, 0) is 9.53 Å². The molecule has 0 radical (unpaired) electrons. The van der Waals surface area contributed by atoms with Gasteiger partial charge in [-0.1, -0.05) is 6.05 Å². The molecule has 0 unspecified atom stereocenters. The van der Waals surface area contributed by atoms with Gasteiger partial charge in [-0.25, -0.2) is 4.79 Å². The molecule has 0 aromatic heterocycles. The lowest BCUT2D eigenvalue weighted by Crippen LogP contribution is -1.98. The number of carbonyl (C=O) groups excluding carboxylic acids is 1. The Morgan fingerprint density at radius 2 is 2.62 bits per heavy atom. The second kappa shape index (κ2) is 4.37. The van der Waals surface area contributed by atoms with E-state index in [1.807, 2.05) is 0 Å². The maximum Gasteiger partial charge on any atom is 0.330 e. The highest BCUT2D eigenvalue weighted by atomic mass is 16.5. The Morgan fingerprint density at radius 1 is 2.00 bits per heavy atom. The maximum absolute atomic E-state index is 10.4. The average Bonchev–Trinajstić information content (AvgIpc) is 1.63. The predicted octanol–water partition coefficient (Wildman–Crippen LogP) is 1.13. The highest BCUT2D eigenvalue weighted by Gasteiger charge is 1.88. The highest BCUT2D eigenvalue weighted by Crippen LogP contribution is 1.78. The first-order valence-electron chi connectivity index (χ1n) is 2.98. The monoisotopic (exact) mass is 115 g/mol. The van der Waals surface area contributed by atoms with Gasteiger partial charge in [0.15, 0.2) is 0 Å². The van der Waals surface area contributed by atoms with E-state index >= 15 is 0 Å². The van der Waals surface area contributed by atoms with Gasteiger partial charge in [-0.3, -0.25) is 0 Å². The summed E-state index contributed by atoms with van der Waals surface area (Å²) in [6.07, 6.45) is 1.14. The van der Waals surface area contributed by atoms with Gasteiger partial charge in [0.05, 0.1) is 7.98 Å². The molecular formula is C6H10O2. The van der Waals surface area contributed by atoms with Gasteiger partial charge in [0.2, 0.25) is 0 Å². The van der Waals surface area contributed by atoms with Crippen molar-refractivity contribution in [1.82, 2.24) is 0 Å². The van der Waals surface area contributed by atoms with Crippen molar-refractivity contribution in [3.63, 3.8) is 0 Å². The Bertz CT molecular complexity index is 125. The second-order valence-corrected chi connectivity index (χ2v) is 1.19. The van der Waals surface area contributed by atoms with Crippen molar-refractivity contribution in [1.29, 1.82) is 0 Å². The minimum absolute atomic E-state index is 0.216. The summed E-state index contributed by atoms with van der Waals surface area (Å²) in [5.41, 5.74) is 0. The van der Waals surface area contributed by atoms with Crippen LogP contribution in [0.15, 0.2) is 12.1 Å². The first-order chi connectivity index (χ1) is 4.16. The highest BCUT2D eigenvalue weighted by molar-refractivity contribution is 5.81. The Hall–Kier alpha value is -0.790. The molecule has 0 aliphatic heterocycles. The van der Waals surface area contributed by atoms with Crippen molar-refractivity contribution >= 4 is 5.97 Å². The summed E-state index contributed by atoms with van der Waals surface area (Å²) >= 11 is 0. The van der Waals surface area contributed by atoms with E-state index in [2.05, 4.69) is 4.74 Å². The normalized spacial score (nSPS) is 12.8. The molecule has 0 spiro atoms. The Balaban J connectivity index is 3.63. The Labute approximate surface area is 50.6 Å². The molecule has 0 atom stereocenters. The third-order valence-corrected chi connectivity index (χ3v) is 0.549. The quantitative estimate of drug-likeness (QED) is 0.398. The van der Waals surface area contributed by atoms with Crippen LogP contribution < -0.4 is 0 Å². The summed E-state index contributed by atoms with van der Waals surface area (Å²) in [6.45, 7) is 3.62. The summed E-state index contributed by atoms with van der Waals surface area (Å²) in [5, 5.41) is 0. The summed E-state index contributed by atoms with van der Waals surface area (Å²) < 4.78 is 11.4. The van der Waals surface area contributed by atoms with E-state index in [9.17, 15) is 4.79 Å². The first kappa shape index (κ1) is 5.35. The zero-order valence-corrected chi connectivity index (χ0v) is 5.10. The number of carbonyl (C=O) groups is 1. The van der Waals surface area contributed by atoms with Crippen molar-refractivity contribution in [2.45, 2.75) is 13.8 Å². The molecule has 0 rings (SSSR count). The zero-order chi connectivity index (χ0) is 7.28. The smallest absolute Gasteiger partial charge is 0.330 e. The largest absolute Gasteiger partial charge is 0.463 e. The molecule has 0 bridgehead atoms. The lowest BCUT2D eigenvalue weighted by Gasteiger charge is -1.91. The predicted molar refractivity (Wildman–Crippen MR) is 31.4 cm³/mol. The van der Waals surface area contributed by atoms with Crippen LogP contribution in [0.4, 0.5) is 0 Å². The zero-order valence-electron chi connectivity index (χ0n) is 6.10. The molecule has 0 aliphatic rings. The fourth-order valence-corrected chi connectivity index (χ4v) is 0.302. The number of hydrogen-bond donors (Lipinski definition) is 0. The van der Waals surface area contributed by atoms with E-state index in [0.29, 0.717) is 6.61 Å². The van der Waals surface area contributed by atoms with Crippen LogP contribution in [-0.4, -0.2) is 12.6 Å². The minimum atomic E-state index is -0.440. The van der Waals surface area contributed by atoms with Gasteiger partial charge in [-0.15, -0.1) is 0 Å². The molecule has 0 heterocycles. The topological polar surface area (TPSA) is 26.3 Å². The fourth-order valence-electron chi connectivity index (χ4n) is 0.302. The molecule has 8 heavy (non-hydrogen) atoms. The van der Waals surface area contributed by atoms with Crippen molar-refractivity contribution in [2.24, 2.45) is 0 Å². The Kier molecular flexibility index (Phi) is 2.92. The van der Waals surface area contributed by atoms with Gasteiger partial charge < -0.3 is 4.74 Å². The van der Waals surface area contributed by atoms with Crippen LogP contribution in [0, 0.1) is 0 Å². The molecule has 0 aromatic carbocycles. The maximum atomic E-state index is 10.4. The van der Waals surface area contributed by atoms with Crippen LogP contribution in [0.25, 0.3) is 0 Å². The standard InChI is InChI=1S/C6H10O2/c1-3-5-6(7)8-4-2/h3,5H,4H2,1-2H3/b5-3+/i3D. The van der Waals surface area contributed by atoms with Crippen LogP contribution in [0.3, 0.4) is 0 Å². The number of allylic oxidation sites excluding steroid dienone is 1. The number of hydrogen-bond acceptors (Lipinski definition) is 2. The van der Waals surface area contributed by atoms with Gasteiger partial charge in [-0.05, 0) is 13.8 Å². The molecule has 0 aromatic rings. The summed E-state index contributed by atoms with van der Waals surface area (Å²) in [7, 11) is 0. The molecule has 0 aliphatic carbocycles. The van der Waals surface area contributed by atoms with E-state index in [4.69, 9.17) is 1.37 Å². The van der Waals surface area contributed by atoms with E-state index in [-0.39, 0.29) is 6.05 Å². The summed E-state index contributed by atoms with van der Waals surface area (Å²) in [6, 6.07) is 0.216. The van der Waals surface area contributed by atoms with Gasteiger partial charge >= 0.3 is 5.97 Å². The van der Waals surface area contributed by atoms with Gasteiger partial charge in [0, 0.05) is 6.08 Å². The van der Waals surface area contributed by atoms with Gasteiger partial charge in [-0.2, -0.15) is 0 Å². The van der Waals surface area contributed by atoms with Crippen molar-refractivity contribution in [3.05, 3.63) is 12.1 Å². The Morgan fingerprint density at radius 3 is 3.00 bits per heavy atom. The van der Waals surface area contributed by atoms with Crippen molar-refractivity contribution in [3.8, 4) is 0 Å². The van der Waals surface area contributed by atoms with Crippen LogP contribution >= 0.6 is 0 Å². The molecule has 2 heteroatoms. The third-order valence-electron chi connectivity index (χ3n) is 0.549. The number of ether oxygens (including phenoxy) is 1. The average molecular weight is 115 g/mol. The first-order valence-corrected chi connectivity index (χ1v) is 2.48. The van der Waals surface area contributed by atoms with E-state index in [1.165, 1.54) is 6.92 Å². The van der Waals surface area contributed by atoms with Gasteiger partial charge in [0.1, 0.15) is 0 Å².